The van der Waals surface area contributed by atoms with Crippen molar-refractivity contribution in [2.24, 2.45) is 7.05 Å². The van der Waals surface area contributed by atoms with Crippen LogP contribution in [-0.2, 0) is 13.6 Å². The molecule has 0 bridgehead atoms. The van der Waals surface area contributed by atoms with Gasteiger partial charge in [0.1, 0.15) is 5.69 Å². The maximum Gasteiger partial charge on any atom is 0.322 e. The van der Waals surface area contributed by atoms with Crippen LogP contribution in [0.4, 0.5) is 11.4 Å². The fourth-order valence-electron chi connectivity index (χ4n) is 2.36. The summed E-state index contributed by atoms with van der Waals surface area (Å²) in [4.78, 5) is 23.1. The molecule has 0 saturated heterocycles. The van der Waals surface area contributed by atoms with Gasteiger partial charge in [-0.05, 0) is 25.1 Å². The van der Waals surface area contributed by atoms with Gasteiger partial charge in [-0.15, -0.1) is 0 Å². The molecule has 1 aromatic carbocycles. The maximum atomic E-state index is 12.5. The second kappa shape index (κ2) is 7.01. The third-order valence-corrected chi connectivity index (χ3v) is 3.42. The summed E-state index contributed by atoms with van der Waals surface area (Å²) in [6.07, 6.45) is 0. The van der Waals surface area contributed by atoms with Gasteiger partial charge in [-0.1, -0.05) is 25.1 Å². The van der Waals surface area contributed by atoms with Crippen LogP contribution in [0.3, 0.4) is 0 Å². The molecule has 2 aromatic rings. The zero-order chi connectivity index (χ0) is 17.0. The monoisotopic (exact) mass is 317 g/mol. The number of para-hydroxylation sites is 1. The van der Waals surface area contributed by atoms with E-state index in [0.717, 1.165) is 12.1 Å². The minimum Gasteiger partial charge on any atom is -0.320 e. The van der Waals surface area contributed by atoms with Crippen molar-refractivity contribution >= 4 is 17.3 Å². The predicted molar refractivity (Wildman–Crippen MR) is 86.4 cm³/mol. The molecule has 0 radical (unpaired) electrons. The van der Waals surface area contributed by atoms with E-state index in [2.05, 4.69) is 15.7 Å². The largest absolute Gasteiger partial charge is 0.322 e. The lowest BCUT2D eigenvalue weighted by Crippen LogP contribution is -2.20. The molecule has 0 atom stereocenters. The zero-order valence-electron chi connectivity index (χ0n) is 13.3. The first-order chi connectivity index (χ1) is 11.0. The van der Waals surface area contributed by atoms with E-state index in [1.54, 1.807) is 12.1 Å². The molecular weight excluding hydrogens is 298 g/mol. The summed E-state index contributed by atoms with van der Waals surface area (Å²) in [6.45, 7) is 4.89. The quantitative estimate of drug-likeness (QED) is 0.626. The summed E-state index contributed by atoms with van der Waals surface area (Å²) < 4.78 is 1.23. The van der Waals surface area contributed by atoms with Gasteiger partial charge in [-0.2, -0.15) is 5.10 Å². The average Bonchev–Trinajstić information content (AvgIpc) is 2.81. The van der Waals surface area contributed by atoms with E-state index in [0.29, 0.717) is 12.2 Å². The number of anilines is 1. The Hall–Kier alpha value is -2.74. The van der Waals surface area contributed by atoms with Crippen molar-refractivity contribution < 1.29 is 9.72 Å². The van der Waals surface area contributed by atoms with Gasteiger partial charge in [0, 0.05) is 19.3 Å². The Kier molecular flexibility index (Phi) is 5.07. The molecule has 8 heteroatoms. The first-order valence-corrected chi connectivity index (χ1v) is 7.23. The molecule has 23 heavy (non-hydrogen) atoms. The van der Waals surface area contributed by atoms with Crippen molar-refractivity contribution in [2.45, 2.75) is 20.4 Å². The number of benzene rings is 1. The van der Waals surface area contributed by atoms with E-state index >= 15 is 0 Å². The summed E-state index contributed by atoms with van der Waals surface area (Å²) in [5.74, 6) is -0.552. The molecule has 122 valence electrons. The molecule has 0 saturated carbocycles. The Morgan fingerprint density at radius 3 is 2.74 bits per heavy atom. The minimum absolute atomic E-state index is 0.0641. The normalized spacial score (nSPS) is 10.6. The van der Waals surface area contributed by atoms with Gasteiger partial charge < -0.3 is 10.6 Å². The molecule has 0 aliphatic rings. The smallest absolute Gasteiger partial charge is 0.320 e. The molecule has 2 N–H and O–H groups in total. The molecule has 1 heterocycles. The van der Waals surface area contributed by atoms with Gasteiger partial charge in [-0.25, -0.2) is 0 Å². The molecule has 0 fully saturated rings. The Balaban J connectivity index is 2.32. The number of hydrogen-bond donors (Lipinski definition) is 2. The number of hydrogen-bond acceptors (Lipinski definition) is 5. The van der Waals surface area contributed by atoms with Gasteiger partial charge >= 0.3 is 5.69 Å². The predicted octanol–water partition coefficient (Wildman–Crippen LogP) is 2.00. The Morgan fingerprint density at radius 2 is 2.09 bits per heavy atom. The van der Waals surface area contributed by atoms with E-state index in [9.17, 15) is 14.9 Å². The number of carbonyl (C=O) groups is 1. The van der Waals surface area contributed by atoms with Gasteiger partial charge in [0.2, 0.25) is 5.69 Å². The van der Waals surface area contributed by atoms with Crippen molar-refractivity contribution in [3.8, 4) is 0 Å². The number of aromatic nitrogens is 2. The van der Waals surface area contributed by atoms with Crippen LogP contribution >= 0.6 is 0 Å². The van der Waals surface area contributed by atoms with Crippen LogP contribution < -0.4 is 10.6 Å². The zero-order valence-corrected chi connectivity index (χ0v) is 13.3. The number of nitrogens with zero attached hydrogens (tertiary/aromatic N) is 3. The molecule has 8 nitrogen and oxygen atoms in total. The van der Waals surface area contributed by atoms with Gasteiger partial charge in [0.25, 0.3) is 5.91 Å². The summed E-state index contributed by atoms with van der Waals surface area (Å²) >= 11 is 0. The molecule has 2 rings (SSSR count). The fraction of sp³-hybridized carbons (Fsp3) is 0.333. The number of amides is 1. The first kappa shape index (κ1) is 16.6. The van der Waals surface area contributed by atoms with Crippen LogP contribution in [0, 0.1) is 17.0 Å². The van der Waals surface area contributed by atoms with E-state index in [-0.39, 0.29) is 17.1 Å². The highest BCUT2D eigenvalue weighted by molar-refractivity contribution is 6.06. The highest BCUT2D eigenvalue weighted by Crippen LogP contribution is 2.24. The van der Waals surface area contributed by atoms with E-state index in [4.69, 9.17) is 0 Å². The van der Waals surface area contributed by atoms with Crippen LogP contribution in [0.25, 0.3) is 0 Å². The van der Waals surface area contributed by atoms with Gasteiger partial charge in [0.15, 0.2) is 0 Å². The molecule has 0 spiro atoms. The fourth-order valence-corrected chi connectivity index (χ4v) is 2.36. The van der Waals surface area contributed by atoms with Crippen molar-refractivity contribution in [3.63, 3.8) is 0 Å². The van der Waals surface area contributed by atoms with Crippen LogP contribution in [-0.4, -0.2) is 27.2 Å². The van der Waals surface area contributed by atoms with Crippen molar-refractivity contribution in [2.75, 3.05) is 11.9 Å². The van der Waals surface area contributed by atoms with Crippen LogP contribution in [0.5, 0.6) is 0 Å². The minimum atomic E-state index is -0.582. The average molecular weight is 317 g/mol. The second-order valence-corrected chi connectivity index (χ2v) is 5.05. The van der Waals surface area contributed by atoms with E-state index in [1.807, 2.05) is 19.1 Å². The third-order valence-electron chi connectivity index (χ3n) is 3.42. The van der Waals surface area contributed by atoms with Crippen molar-refractivity contribution in [1.82, 2.24) is 15.1 Å². The van der Waals surface area contributed by atoms with Crippen LogP contribution in [0.2, 0.25) is 0 Å². The van der Waals surface area contributed by atoms with Crippen LogP contribution in [0.15, 0.2) is 24.3 Å². The van der Waals surface area contributed by atoms with Crippen LogP contribution in [0.1, 0.15) is 28.7 Å². The standard InChI is InChI=1S/C15H19N5O3/c1-4-16-9-11-7-5-6-8-12(11)17-15(21)14-13(20(22)23)10(2)18-19(14)3/h5-8,16H,4,9H2,1-3H3,(H,17,21). The lowest BCUT2D eigenvalue weighted by molar-refractivity contribution is -0.385. The number of carbonyl (C=O) groups excluding carboxylic acids is 1. The SMILES string of the molecule is CCNCc1ccccc1NC(=O)c1c([N+](=O)[O-])c(C)nn1C. The molecule has 1 aromatic heterocycles. The summed E-state index contributed by atoms with van der Waals surface area (Å²) in [5, 5.41) is 21.1. The summed E-state index contributed by atoms with van der Waals surface area (Å²) in [7, 11) is 1.51. The van der Waals surface area contributed by atoms with Crippen molar-refractivity contribution in [3.05, 3.63) is 51.3 Å². The highest BCUT2D eigenvalue weighted by Gasteiger charge is 2.29. The Labute approximate surface area is 133 Å². The maximum absolute atomic E-state index is 12.5. The number of nitro groups is 1. The van der Waals surface area contributed by atoms with Gasteiger partial charge in [-0.3, -0.25) is 19.6 Å². The third kappa shape index (κ3) is 3.54. The molecular formula is C15H19N5O3. The highest BCUT2D eigenvalue weighted by atomic mass is 16.6. The van der Waals surface area contributed by atoms with Gasteiger partial charge in [0.05, 0.1) is 4.92 Å². The lowest BCUT2D eigenvalue weighted by atomic mass is 10.1. The summed E-state index contributed by atoms with van der Waals surface area (Å²) in [5.41, 5.74) is 1.40. The number of rotatable bonds is 6. The number of aryl methyl sites for hydroxylation is 2. The Bertz CT molecular complexity index is 739. The molecule has 0 aliphatic heterocycles. The molecule has 0 unspecified atom stereocenters. The lowest BCUT2D eigenvalue weighted by Gasteiger charge is -2.11. The molecule has 1 amide bonds. The number of nitrogens with one attached hydrogen (secondary N) is 2. The van der Waals surface area contributed by atoms with Crippen molar-refractivity contribution in [1.29, 1.82) is 0 Å². The first-order valence-electron chi connectivity index (χ1n) is 7.23. The summed E-state index contributed by atoms with van der Waals surface area (Å²) in [6, 6.07) is 7.33. The molecule has 0 aliphatic carbocycles. The Morgan fingerprint density at radius 1 is 1.39 bits per heavy atom. The second-order valence-electron chi connectivity index (χ2n) is 5.05. The van der Waals surface area contributed by atoms with E-state index < -0.39 is 10.8 Å². The van der Waals surface area contributed by atoms with E-state index in [1.165, 1.54) is 18.7 Å². The topological polar surface area (TPSA) is 102 Å².